The van der Waals surface area contributed by atoms with Gasteiger partial charge in [0.1, 0.15) is 0 Å². The van der Waals surface area contributed by atoms with Crippen molar-refractivity contribution in [2.75, 3.05) is 6.54 Å². The van der Waals surface area contributed by atoms with Crippen LogP contribution in [0, 0.1) is 5.92 Å². The number of nitrogens with one attached hydrogen (secondary N) is 1. The third-order valence-corrected chi connectivity index (χ3v) is 2.54. The Balaban J connectivity index is 2.16. The highest BCUT2D eigenvalue weighted by molar-refractivity contribution is 5.80. The molecule has 3 heteroatoms. The van der Waals surface area contributed by atoms with E-state index in [1.54, 1.807) is 0 Å². The van der Waals surface area contributed by atoms with E-state index in [2.05, 4.69) is 10.4 Å². The summed E-state index contributed by atoms with van der Waals surface area (Å²) in [6.07, 6.45) is 2.41. The van der Waals surface area contributed by atoms with E-state index in [-0.39, 0.29) is 11.8 Å². The second-order valence-corrected chi connectivity index (χ2v) is 3.17. The van der Waals surface area contributed by atoms with E-state index in [1.165, 1.54) is 12.8 Å². The number of carbonyl (C=O) groups excluding carboxylic acids is 1. The predicted molar refractivity (Wildman–Crippen MR) is 37.0 cm³/mol. The lowest BCUT2D eigenvalue weighted by Crippen LogP contribution is -2.33. The minimum absolute atomic E-state index is 0.199. The highest BCUT2D eigenvalue weighted by atomic mass is 16.2. The molecule has 56 valence electrons. The van der Waals surface area contributed by atoms with E-state index in [1.807, 2.05) is 6.92 Å². The number of hydrazine groups is 1. The average molecular weight is 140 g/mol. The van der Waals surface area contributed by atoms with Crippen LogP contribution in [0.3, 0.4) is 0 Å². The maximum Gasteiger partial charge on any atom is 0.238 e. The fourth-order valence-corrected chi connectivity index (χ4v) is 1.87. The molecule has 0 unspecified atom stereocenters. The van der Waals surface area contributed by atoms with Crippen LogP contribution in [0.25, 0.3) is 0 Å². The van der Waals surface area contributed by atoms with Crippen LogP contribution in [-0.4, -0.2) is 23.5 Å². The minimum atomic E-state index is 0.199. The van der Waals surface area contributed by atoms with Gasteiger partial charge >= 0.3 is 0 Å². The molecule has 0 aromatic carbocycles. The van der Waals surface area contributed by atoms with Crippen molar-refractivity contribution < 1.29 is 4.79 Å². The SMILES string of the molecule is C[C@H]1C(=O)NN2CCC[C@H]12. The highest BCUT2D eigenvalue weighted by Gasteiger charge is 2.40. The second kappa shape index (κ2) is 1.95. The van der Waals surface area contributed by atoms with Crippen molar-refractivity contribution in [3.8, 4) is 0 Å². The molecule has 0 aromatic rings. The fourth-order valence-electron chi connectivity index (χ4n) is 1.87. The Hall–Kier alpha value is -0.570. The summed E-state index contributed by atoms with van der Waals surface area (Å²) in [6.45, 7) is 3.05. The van der Waals surface area contributed by atoms with Gasteiger partial charge in [-0.1, -0.05) is 6.92 Å². The number of nitrogens with zero attached hydrogens (tertiary/aromatic N) is 1. The zero-order chi connectivity index (χ0) is 7.14. The molecule has 2 saturated heterocycles. The van der Waals surface area contributed by atoms with Gasteiger partial charge in [-0.25, -0.2) is 5.01 Å². The van der Waals surface area contributed by atoms with Crippen LogP contribution in [0.4, 0.5) is 0 Å². The molecule has 0 bridgehead atoms. The summed E-state index contributed by atoms with van der Waals surface area (Å²) in [5, 5.41) is 2.08. The van der Waals surface area contributed by atoms with E-state index in [0.29, 0.717) is 6.04 Å². The van der Waals surface area contributed by atoms with E-state index < -0.39 is 0 Å². The number of carbonyl (C=O) groups is 1. The Morgan fingerprint density at radius 3 is 3.20 bits per heavy atom. The first-order chi connectivity index (χ1) is 4.79. The Kier molecular flexibility index (Phi) is 1.20. The van der Waals surface area contributed by atoms with Gasteiger partial charge in [-0.15, -0.1) is 0 Å². The molecule has 0 aromatic heterocycles. The second-order valence-electron chi connectivity index (χ2n) is 3.17. The van der Waals surface area contributed by atoms with Crippen molar-refractivity contribution in [3.05, 3.63) is 0 Å². The summed E-state index contributed by atoms with van der Waals surface area (Å²) >= 11 is 0. The monoisotopic (exact) mass is 140 g/mol. The Morgan fingerprint density at radius 2 is 2.50 bits per heavy atom. The highest BCUT2D eigenvalue weighted by Crippen LogP contribution is 2.26. The van der Waals surface area contributed by atoms with Crippen LogP contribution in [0.2, 0.25) is 0 Å². The van der Waals surface area contributed by atoms with Crippen molar-refractivity contribution in [2.24, 2.45) is 5.92 Å². The van der Waals surface area contributed by atoms with E-state index in [4.69, 9.17) is 0 Å². The third kappa shape index (κ3) is 0.669. The van der Waals surface area contributed by atoms with Gasteiger partial charge in [-0.2, -0.15) is 0 Å². The van der Waals surface area contributed by atoms with Crippen LogP contribution < -0.4 is 5.43 Å². The Bertz CT molecular complexity index is 169. The van der Waals surface area contributed by atoms with Gasteiger partial charge in [0, 0.05) is 12.6 Å². The first-order valence-corrected chi connectivity index (χ1v) is 3.86. The minimum Gasteiger partial charge on any atom is -0.288 e. The maximum atomic E-state index is 11.0. The zero-order valence-corrected chi connectivity index (χ0v) is 6.13. The molecule has 0 spiro atoms. The molecular weight excluding hydrogens is 128 g/mol. The molecule has 3 nitrogen and oxygen atoms in total. The first kappa shape index (κ1) is 6.16. The Morgan fingerprint density at radius 1 is 1.70 bits per heavy atom. The number of rotatable bonds is 0. The van der Waals surface area contributed by atoms with Crippen molar-refractivity contribution in [3.63, 3.8) is 0 Å². The third-order valence-electron chi connectivity index (χ3n) is 2.54. The van der Waals surface area contributed by atoms with Gasteiger partial charge in [0.25, 0.3) is 0 Å². The summed E-state index contributed by atoms with van der Waals surface area (Å²) in [4.78, 5) is 11.0. The zero-order valence-electron chi connectivity index (χ0n) is 6.13. The summed E-state index contributed by atoms with van der Waals surface area (Å²) in [7, 11) is 0. The molecule has 2 atom stereocenters. The molecule has 2 aliphatic heterocycles. The van der Waals surface area contributed by atoms with Crippen molar-refractivity contribution in [1.29, 1.82) is 0 Å². The summed E-state index contributed by atoms with van der Waals surface area (Å²) in [6, 6.07) is 0.493. The van der Waals surface area contributed by atoms with Gasteiger partial charge in [-0.3, -0.25) is 10.2 Å². The fraction of sp³-hybridized carbons (Fsp3) is 0.857. The quantitative estimate of drug-likeness (QED) is 0.518. The molecule has 0 aliphatic carbocycles. The number of fused-ring (bicyclic) bond motifs is 1. The molecule has 0 saturated carbocycles. The predicted octanol–water partition coefficient (Wildman–Crippen LogP) is 0.132. The summed E-state index contributed by atoms with van der Waals surface area (Å²) < 4.78 is 0. The van der Waals surface area contributed by atoms with Crippen molar-refractivity contribution in [2.45, 2.75) is 25.8 Å². The number of amides is 1. The first-order valence-electron chi connectivity index (χ1n) is 3.86. The largest absolute Gasteiger partial charge is 0.288 e. The van der Waals surface area contributed by atoms with Gasteiger partial charge < -0.3 is 0 Å². The van der Waals surface area contributed by atoms with E-state index in [9.17, 15) is 4.79 Å². The lowest BCUT2D eigenvalue weighted by atomic mass is 10.0. The van der Waals surface area contributed by atoms with Gasteiger partial charge in [0.15, 0.2) is 0 Å². The lowest BCUT2D eigenvalue weighted by molar-refractivity contribution is -0.123. The average Bonchev–Trinajstić information content (AvgIpc) is 2.41. The van der Waals surface area contributed by atoms with E-state index in [0.717, 1.165) is 6.54 Å². The van der Waals surface area contributed by atoms with Crippen LogP contribution in [-0.2, 0) is 4.79 Å². The summed E-state index contributed by atoms with van der Waals surface area (Å²) in [5.41, 5.74) is 2.86. The molecule has 2 rings (SSSR count). The van der Waals surface area contributed by atoms with Crippen molar-refractivity contribution in [1.82, 2.24) is 10.4 Å². The van der Waals surface area contributed by atoms with Crippen molar-refractivity contribution >= 4 is 5.91 Å². The molecule has 1 amide bonds. The van der Waals surface area contributed by atoms with Crippen LogP contribution >= 0.6 is 0 Å². The smallest absolute Gasteiger partial charge is 0.238 e. The van der Waals surface area contributed by atoms with Crippen LogP contribution in [0.5, 0.6) is 0 Å². The lowest BCUT2D eigenvalue weighted by Gasteiger charge is -2.13. The molecule has 2 fully saturated rings. The molecule has 10 heavy (non-hydrogen) atoms. The topological polar surface area (TPSA) is 32.3 Å². The molecule has 2 aliphatic rings. The van der Waals surface area contributed by atoms with Gasteiger partial charge in [-0.05, 0) is 12.8 Å². The van der Waals surface area contributed by atoms with Crippen LogP contribution in [0.15, 0.2) is 0 Å². The van der Waals surface area contributed by atoms with Crippen LogP contribution in [0.1, 0.15) is 19.8 Å². The summed E-state index contributed by atoms with van der Waals surface area (Å²) in [5.74, 6) is 0.409. The van der Waals surface area contributed by atoms with E-state index >= 15 is 0 Å². The van der Waals surface area contributed by atoms with Gasteiger partial charge in [0.05, 0.1) is 5.92 Å². The number of hydrogen-bond acceptors (Lipinski definition) is 2. The Labute approximate surface area is 60.4 Å². The van der Waals surface area contributed by atoms with Gasteiger partial charge in [0.2, 0.25) is 5.91 Å². The molecule has 1 N–H and O–H groups in total. The molecule has 0 radical (unpaired) electrons. The number of hydrogen-bond donors (Lipinski definition) is 1. The normalized spacial score (nSPS) is 39.9. The maximum absolute atomic E-state index is 11.0. The molecule has 2 heterocycles. The standard InChI is InChI=1S/C7H12N2O/c1-5-6-3-2-4-9(6)8-7(5)10/h5-6H,2-4H2,1H3,(H,8,10)/t5-,6-/m1/s1. The molecular formula is C7H12N2O.